The highest BCUT2D eigenvalue weighted by Gasteiger charge is 2.20. The molecule has 0 aliphatic heterocycles. The van der Waals surface area contributed by atoms with Crippen LogP contribution in [0.2, 0.25) is 0 Å². The van der Waals surface area contributed by atoms with Gasteiger partial charge in [0, 0.05) is 18.2 Å². The van der Waals surface area contributed by atoms with Crippen molar-refractivity contribution in [2.24, 2.45) is 0 Å². The van der Waals surface area contributed by atoms with Crippen molar-refractivity contribution < 1.29 is 9.50 Å². The molecule has 0 saturated heterocycles. The zero-order valence-electron chi connectivity index (χ0n) is 11.3. The first-order chi connectivity index (χ1) is 9.39. The normalized spacial score (nSPS) is 14.2. The Morgan fingerprint density at radius 3 is 2.85 bits per heavy atom. The van der Waals surface area contributed by atoms with Crippen molar-refractivity contribution >= 4 is 15.9 Å². The highest BCUT2D eigenvalue weighted by atomic mass is 79.9. The van der Waals surface area contributed by atoms with Crippen LogP contribution < -0.4 is 0 Å². The van der Waals surface area contributed by atoms with Crippen molar-refractivity contribution in [1.82, 2.24) is 20.0 Å². The van der Waals surface area contributed by atoms with Crippen molar-refractivity contribution in [3.63, 3.8) is 0 Å². The summed E-state index contributed by atoms with van der Waals surface area (Å²) in [4.78, 5) is 3.70. The molecule has 2 aromatic heterocycles. The van der Waals surface area contributed by atoms with E-state index >= 15 is 0 Å². The van der Waals surface area contributed by atoms with E-state index in [2.05, 4.69) is 31.2 Å². The van der Waals surface area contributed by atoms with Crippen molar-refractivity contribution in [1.29, 1.82) is 0 Å². The minimum atomic E-state index is -0.779. The summed E-state index contributed by atoms with van der Waals surface area (Å²) in [7, 11) is 0. The largest absolute Gasteiger partial charge is 0.390 e. The van der Waals surface area contributed by atoms with Gasteiger partial charge in [-0.15, -0.1) is 5.10 Å². The Bertz CT molecular complexity index is 600. The molecule has 0 bridgehead atoms. The van der Waals surface area contributed by atoms with Gasteiger partial charge < -0.3 is 5.11 Å². The van der Waals surface area contributed by atoms with Crippen LogP contribution >= 0.6 is 15.9 Å². The third kappa shape index (κ3) is 3.83. The van der Waals surface area contributed by atoms with Crippen LogP contribution in [-0.2, 0) is 13.0 Å². The van der Waals surface area contributed by atoms with Crippen molar-refractivity contribution in [3.05, 3.63) is 40.1 Å². The first kappa shape index (κ1) is 15.1. The fourth-order valence-corrected chi connectivity index (χ4v) is 2.17. The minimum Gasteiger partial charge on any atom is -0.390 e. The van der Waals surface area contributed by atoms with Gasteiger partial charge in [-0.3, -0.25) is 0 Å². The molecule has 7 heteroatoms. The maximum absolute atomic E-state index is 12.9. The van der Waals surface area contributed by atoms with Crippen LogP contribution in [0, 0.1) is 5.95 Å². The van der Waals surface area contributed by atoms with Gasteiger partial charge in [-0.2, -0.15) is 4.39 Å². The molecule has 5 nitrogen and oxygen atoms in total. The van der Waals surface area contributed by atoms with Gasteiger partial charge in [0.15, 0.2) is 0 Å². The number of pyridine rings is 1. The smallest absolute Gasteiger partial charge is 0.213 e. The molecule has 1 unspecified atom stereocenters. The Labute approximate surface area is 125 Å². The maximum atomic E-state index is 12.9. The molecular weight excluding hydrogens is 327 g/mol. The lowest BCUT2D eigenvalue weighted by Gasteiger charge is -2.18. The van der Waals surface area contributed by atoms with E-state index in [4.69, 9.17) is 0 Å². The lowest BCUT2D eigenvalue weighted by molar-refractivity contribution is 0.0554. The molecule has 2 aromatic rings. The molecule has 2 rings (SSSR count). The average Bonchev–Trinajstić information content (AvgIpc) is 2.79. The lowest BCUT2D eigenvalue weighted by Crippen LogP contribution is -2.25. The predicted molar refractivity (Wildman–Crippen MR) is 75.6 cm³/mol. The van der Waals surface area contributed by atoms with Crippen LogP contribution in [0.5, 0.6) is 0 Å². The highest BCUT2D eigenvalue weighted by molar-refractivity contribution is 9.10. The van der Waals surface area contributed by atoms with E-state index < -0.39 is 11.5 Å². The molecule has 1 N–H and O–H groups in total. The number of rotatable bonds is 5. The zero-order valence-corrected chi connectivity index (χ0v) is 12.9. The Kier molecular flexibility index (Phi) is 4.49. The number of aromatic nitrogens is 4. The van der Waals surface area contributed by atoms with Gasteiger partial charge >= 0.3 is 0 Å². The van der Waals surface area contributed by atoms with E-state index in [1.165, 1.54) is 6.07 Å². The van der Waals surface area contributed by atoms with E-state index in [-0.39, 0.29) is 0 Å². The van der Waals surface area contributed by atoms with Crippen LogP contribution in [0.4, 0.5) is 4.39 Å². The predicted octanol–water partition coefficient (Wildman–Crippen LogP) is 2.33. The molecule has 0 aromatic carbocycles. The fraction of sp³-hybridized carbons (Fsp3) is 0.462. The first-order valence-electron chi connectivity index (χ1n) is 6.32. The van der Waals surface area contributed by atoms with Crippen molar-refractivity contribution in [3.8, 4) is 0 Å². The summed E-state index contributed by atoms with van der Waals surface area (Å²) in [6.07, 6.45) is 2.87. The highest BCUT2D eigenvalue weighted by Crippen LogP contribution is 2.17. The van der Waals surface area contributed by atoms with Crippen LogP contribution in [0.3, 0.4) is 0 Å². The number of halogens is 2. The number of hydrogen-bond donors (Lipinski definition) is 1. The molecule has 1 atom stereocenters. The summed E-state index contributed by atoms with van der Waals surface area (Å²) in [6.45, 7) is 4.13. The van der Waals surface area contributed by atoms with Gasteiger partial charge in [0.25, 0.3) is 0 Å². The number of nitrogens with zero attached hydrogens (tertiary/aromatic N) is 4. The summed E-state index contributed by atoms with van der Waals surface area (Å²) in [6, 6.07) is 2.95. The minimum absolute atomic E-state index is 0.440. The van der Waals surface area contributed by atoms with Gasteiger partial charge in [0.2, 0.25) is 5.95 Å². The second-order valence-corrected chi connectivity index (χ2v) is 5.77. The van der Waals surface area contributed by atoms with Crippen LogP contribution in [0.1, 0.15) is 31.5 Å². The van der Waals surface area contributed by atoms with Crippen molar-refractivity contribution in [2.75, 3.05) is 0 Å². The summed E-state index contributed by atoms with van der Waals surface area (Å²) < 4.78 is 15.0. The van der Waals surface area contributed by atoms with Gasteiger partial charge in [-0.1, -0.05) is 12.1 Å². The second-order valence-electron chi connectivity index (χ2n) is 5.02. The molecule has 108 valence electrons. The van der Waals surface area contributed by atoms with Gasteiger partial charge in [0.1, 0.15) is 4.60 Å². The van der Waals surface area contributed by atoms with Crippen molar-refractivity contribution in [2.45, 2.75) is 38.8 Å². The maximum Gasteiger partial charge on any atom is 0.213 e. The monoisotopic (exact) mass is 342 g/mol. The topological polar surface area (TPSA) is 63.8 Å². The van der Waals surface area contributed by atoms with Crippen LogP contribution in [-0.4, -0.2) is 30.7 Å². The van der Waals surface area contributed by atoms with E-state index in [1.54, 1.807) is 23.9 Å². The molecule has 0 saturated carbocycles. The van der Waals surface area contributed by atoms with Gasteiger partial charge in [-0.05, 0) is 41.4 Å². The van der Waals surface area contributed by atoms with E-state index in [9.17, 15) is 9.50 Å². The fourth-order valence-electron chi connectivity index (χ4n) is 1.75. The molecule has 2 heterocycles. The lowest BCUT2D eigenvalue weighted by atomic mass is 9.98. The van der Waals surface area contributed by atoms with E-state index in [0.717, 1.165) is 11.3 Å². The first-order valence-corrected chi connectivity index (χ1v) is 7.11. The SMILES string of the molecule is CCC(C)(O)Cc1cn(Cc2ccc(F)nc2Br)nn1. The van der Waals surface area contributed by atoms with Crippen LogP contribution in [0.15, 0.2) is 22.9 Å². The Morgan fingerprint density at radius 1 is 1.45 bits per heavy atom. The number of aliphatic hydroxyl groups is 1. The molecular formula is C13H16BrFN4O. The van der Waals surface area contributed by atoms with E-state index in [1.807, 2.05) is 6.92 Å². The standard InChI is InChI=1S/C13H16BrFN4O/c1-3-13(2,20)6-10-8-19(18-17-10)7-9-4-5-11(15)16-12(9)14/h4-5,8,20H,3,6-7H2,1-2H3. The summed E-state index contributed by atoms with van der Waals surface area (Å²) in [5, 5.41) is 18.1. The van der Waals surface area contributed by atoms with Crippen LogP contribution in [0.25, 0.3) is 0 Å². The molecule has 0 fully saturated rings. The summed E-state index contributed by atoms with van der Waals surface area (Å²) in [5.74, 6) is -0.529. The third-order valence-corrected chi connectivity index (χ3v) is 3.82. The molecule has 0 aliphatic carbocycles. The Morgan fingerprint density at radius 2 is 2.20 bits per heavy atom. The molecule has 0 radical (unpaired) electrons. The van der Waals surface area contributed by atoms with E-state index in [0.29, 0.717) is 24.0 Å². The van der Waals surface area contributed by atoms with Gasteiger partial charge in [-0.25, -0.2) is 9.67 Å². The average molecular weight is 343 g/mol. The Hall–Kier alpha value is -1.34. The zero-order chi connectivity index (χ0) is 14.8. The molecule has 0 spiro atoms. The third-order valence-electron chi connectivity index (χ3n) is 3.13. The Balaban J connectivity index is 2.10. The quantitative estimate of drug-likeness (QED) is 0.847. The molecule has 20 heavy (non-hydrogen) atoms. The number of hydrogen-bond acceptors (Lipinski definition) is 4. The molecule has 0 aliphatic rings. The summed E-state index contributed by atoms with van der Waals surface area (Å²) >= 11 is 3.22. The summed E-state index contributed by atoms with van der Waals surface area (Å²) in [5.41, 5.74) is 0.756. The van der Waals surface area contributed by atoms with Gasteiger partial charge in [0.05, 0.1) is 17.8 Å². The molecule has 0 amide bonds. The second kappa shape index (κ2) is 5.97.